The lowest BCUT2D eigenvalue weighted by molar-refractivity contribution is -0.118. The molecule has 0 spiro atoms. The van der Waals surface area contributed by atoms with Crippen LogP contribution in [0, 0.1) is 0 Å². The predicted octanol–water partition coefficient (Wildman–Crippen LogP) is 2.88. The average molecular weight is 220 g/mol. The summed E-state index contributed by atoms with van der Waals surface area (Å²) in [7, 11) is 0. The van der Waals surface area contributed by atoms with Crippen molar-refractivity contribution in [1.29, 1.82) is 0 Å². The molecule has 1 N–H and O–H groups in total. The Hall–Kier alpha value is -1.28. The first-order valence-corrected chi connectivity index (χ1v) is 5.42. The summed E-state index contributed by atoms with van der Waals surface area (Å²) in [4.78, 5) is 14.8. The molecule has 1 aromatic heterocycles. The highest BCUT2D eigenvalue weighted by Gasteiger charge is 2.19. The van der Waals surface area contributed by atoms with Crippen LogP contribution in [0.3, 0.4) is 0 Å². The van der Waals surface area contributed by atoms with E-state index in [0.29, 0.717) is 18.6 Å². The van der Waals surface area contributed by atoms with Crippen molar-refractivity contribution in [2.24, 2.45) is 0 Å². The fraction of sp³-hybridized carbons (Fsp3) is 0.250. The fourth-order valence-electron chi connectivity index (χ4n) is 2.24. The smallest absolute Gasteiger partial charge is 0.137 e. The number of hydrogen-bond acceptors (Lipinski definition) is 1. The van der Waals surface area contributed by atoms with Crippen molar-refractivity contribution in [3.05, 3.63) is 34.5 Å². The number of ketones is 1. The van der Waals surface area contributed by atoms with Gasteiger partial charge in [0.25, 0.3) is 0 Å². The highest BCUT2D eigenvalue weighted by atomic mass is 35.5. The molecule has 2 nitrogen and oxygen atoms in total. The molecule has 1 aliphatic rings. The van der Waals surface area contributed by atoms with Crippen LogP contribution in [0.15, 0.2) is 18.2 Å². The van der Waals surface area contributed by atoms with Gasteiger partial charge in [-0.25, -0.2) is 0 Å². The van der Waals surface area contributed by atoms with Gasteiger partial charge in [-0.2, -0.15) is 0 Å². The Morgan fingerprint density at radius 1 is 1.27 bits per heavy atom. The van der Waals surface area contributed by atoms with E-state index in [1.807, 2.05) is 18.2 Å². The molecule has 76 valence electrons. The number of nitrogens with one attached hydrogen (secondary N) is 1. The standard InChI is InChI=1S/C12H10ClNO/c13-7-1-3-11-9(5-7)10-6-8(15)2-4-12(10)14-11/h1,3,5,14H,2,4,6H2. The van der Waals surface area contributed by atoms with E-state index in [1.165, 1.54) is 5.69 Å². The Morgan fingerprint density at radius 3 is 3.00 bits per heavy atom. The number of aryl methyl sites for hydroxylation is 1. The number of hydrogen-bond donors (Lipinski definition) is 1. The number of aromatic nitrogens is 1. The number of carbonyl (C=O) groups excluding carboxylic acids is 1. The molecule has 0 saturated carbocycles. The first-order valence-electron chi connectivity index (χ1n) is 5.05. The quantitative estimate of drug-likeness (QED) is 0.726. The van der Waals surface area contributed by atoms with Gasteiger partial charge in [0, 0.05) is 34.5 Å². The van der Waals surface area contributed by atoms with Crippen LogP contribution in [-0.4, -0.2) is 10.8 Å². The second-order valence-electron chi connectivity index (χ2n) is 3.99. The van der Waals surface area contributed by atoms with E-state index in [-0.39, 0.29) is 0 Å². The van der Waals surface area contributed by atoms with E-state index in [1.54, 1.807) is 0 Å². The van der Waals surface area contributed by atoms with Gasteiger partial charge in [0.15, 0.2) is 0 Å². The molecule has 1 aromatic carbocycles. The van der Waals surface area contributed by atoms with E-state index in [9.17, 15) is 4.79 Å². The molecule has 15 heavy (non-hydrogen) atoms. The SMILES string of the molecule is O=C1CCc2[nH]c3ccc(Cl)cc3c2C1. The van der Waals surface area contributed by atoms with E-state index >= 15 is 0 Å². The number of carbonyl (C=O) groups is 1. The summed E-state index contributed by atoms with van der Waals surface area (Å²) >= 11 is 5.96. The lowest BCUT2D eigenvalue weighted by Gasteiger charge is -2.09. The van der Waals surface area contributed by atoms with Crippen molar-refractivity contribution >= 4 is 28.3 Å². The zero-order valence-electron chi connectivity index (χ0n) is 8.14. The first-order chi connectivity index (χ1) is 7.24. The summed E-state index contributed by atoms with van der Waals surface area (Å²) in [5.74, 6) is 0.323. The maximum Gasteiger partial charge on any atom is 0.137 e. The topological polar surface area (TPSA) is 32.9 Å². The monoisotopic (exact) mass is 219 g/mol. The molecule has 3 rings (SSSR count). The molecule has 1 aliphatic carbocycles. The van der Waals surface area contributed by atoms with Gasteiger partial charge in [-0.15, -0.1) is 0 Å². The number of H-pyrrole nitrogens is 1. The number of Topliss-reactive ketones (excluding diaryl/α,β-unsaturated/α-hetero) is 1. The van der Waals surface area contributed by atoms with Gasteiger partial charge >= 0.3 is 0 Å². The van der Waals surface area contributed by atoms with Gasteiger partial charge in [0.05, 0.1) is 0 Å². The molecule has 0 unspecified atom stereocenters. The minimum atomic E-state index is 0.323. The second-order valence-corrected chi connectivity index (χ2v) is 4.42. The summed E-state index contributed by atoms with van der Waals surface area (Å²) < 4.78 is 0. The molecule has 3 heteroatoms. The van der Waals surface area contributed by atoms with Crippen molar-refractivity contribution in [3.63, 3.8) is 0 Å². The fourth-order valence-corrected chi connectivity index (χ4v) is 2.41. The highest BCUT2D eigenvalue weighted by Crippen LogP contribution is 2.29. The van der Waals surface area contributed by atoms with E-state index in [2.05, 4.69) is 4.98 Å². The van der Waals surface area contributed by atoms with Gasteiger partial charge in [-0.05, 0) is 30.2 Å². The first kappa shape index (κ1) is 8.98. The molecule has 0 saturated heterocycles. The van der Waals surface area contributed by atoms with Crippen molar-refractivity contribution in [2.45, 2.75) is 19.3 Å². The summed E-state index contributed by atoms with van der Waals surface area (Å²) in [6, 6.07) is 5.78. The van der Waals surface area contributed by atoms with E-state index in [4.69, 9.17) is 11.6 Å². The van der Waals surface area contributed by atoms with Gasteiger partial charge in [-0.1, -0.05) is 11.6 Å². The minimum Gasteiger partial charge on any atom is -0.358 e. The molecule has 0 radical (unpaired) electrons. The third-order valence-electron chi connectivity index (χ3n) is 2.98. The second kappa shape index (κ2) is 3.11. The summed E-state index contributed by atoms with van der Waals surface area (Å²) in [5, 5.41) is 1.83. The Labute approximate surface area is 92.2 Å². The number of aromatic amines is 1. The zero-order valence-corrected chi connectivity index (χ0v) is 8.90. The van der Waals surface area contributed by atoms with Crippen LogP contribution in [0.5, 0.6) is 0 Å². The average Bonchev–Trinajstić information content (AvgIpc) is 2.56. The maximum atomic E-state index is 11.4. The number of fused-ring (bicyclic) bond motifs is 3. The number of halogens is 1. The highest BCUT2D eigenvalue weighted by molar-refractivity contribution is 6.31. The maximum absolute atomic E-state index is 11.4. The van der Waals surface area contributed by atoms with Crippen molar-refractivity contribution in [3.8, 4) is 0 Å². The molecular weight excluding hydrogens is 210 g/mol. The predicted molar refractivity (Wildman–Crippen MR) is 60.3 cm³/mol. The van der Waals surface area contributed by atoms with Gasteiger partial charge in [0.2, 0.25) is 0 Å². The Balaban J connectivity index is 2.30. The molecule has 2 aromatic rings. The van der Waals surface area contributed by atoms with Crippen LogP contribution in [0.1, 0.15) is 17.7 Å². The Bertz CT molecular complexity index is 556. The van der Waals surface area contributed by atoms with Crippen LogP contribution >= 0.6 is 11.6 Å². The van der Waals surface area contributed by atoms with Crippen molar-refractivity contribution in [1.82, 2.24) is 4.98 Å². The van der Waals surface area contributed by atoms with Crippen LogP contribution in [-0.2, 0) is 17.6 Å². The third kappa shape index (κ3) is 1.37. The Morgan fingerprint density at radius 2 is 2.13 bits per heavy atom. The summed E-state index contributed by atoms with van der Waals surface area (Å²) in [6.45, 7) is 0. The molecule has 0 aliphatic heterocycles. The molecule has 0 amide bonds. The van der Waals surface area contributed by atoms with E-state index < -0.39 is 0 Å². The molecule has 0 atom stereocenters. The minimum absolute atomic E-state index is 0.323. The van der Waals surface area contributed by atoms with Gasteiger partial charge in [-0.3, -0.25) is 4.79 Å². The van der Waals surface area contributed by atoms with Crippen LogP contribution in [0.4, 0.5) is 0 Å². The van der Waals surface area contributed by atoms with Gasteiger partial charge in [0.1, 0.15) is 5.78 Å². The van der Waals surface area contributed by atoms with Crippen LogP contribution in [0.25, 0.3) is 10.9 Å². The molecule has 0 fully saturated rings. The van der Waals surface area contributed by atoms with Crippen LogP contribution in [0.2, 0.25) is 5.02 Å². The molecular formula is C12H10ClNO. The lowest BCUT2D eigenvalue weighted by Crippen LogP contribution is -2.11. The van der Waals surface area contributed by atoms with E-state index in [0.717, 1.165) is 27.9 Å². The number of rotatable bonds is 0. The number of benzene rings is 1. The largest absolute Gasteiger partial charge is 0.358 e. The third-order valence-corrected chi connectivity index (χ3v) is 3.22. The Kier molecular flexibility index (Phi) is 1.86. The molecule has 1 heterocycles. The van der Waals surface area contributed by atoms with Crippen molar-refractivity contribution in [2.75, 3.05) is 0 Å². The summed E-state index contributed by atoms with van der Waals surface area (Å²) in [6.07, 6.45) is 2.05. The zero-order chi connectivity index (χ0) is 10.4. The van der Waals surface area contributed by atoms with Crippen LogP contribution < -0.4 is 0 Å². The van der Waals surface area contributed by atoms with Gasteiger partial charge < -0.3 is 4.98 Å². The van der Waals surface area contributed by atoms with Crippen molar-refractivity contribution < 1.29 is 4.79 Å². The molecule has 0 bridgehead atoms. The normalized spacial score (nSPS) is 15.7. The lowest BCUT2D eigenvalue weighted by atomic mass is 9.95. The summed E-state index contributed by atoms with van der Waals surface area (Å²) in [5.41, 5.74) is 3.43.